The van der Waals surface area contributed by atoms with Crippen LogP contribution >= 0.6 is 0 Å². The van der Waals surface area contributed by atoms with Gasteiger partial charge in [0.15, 0.2) is 0 Å². The summed E-state index contributed by atoms with van der Waals surface area (Å²) in [7, 11) is 0. The van der Waals surface area contributed by atoms with E-state index in [0.717, 1.165) is 12.8 Å². The lowest BCUT2D eigenvalue weighted by molar-refractivity contribution is -0.122. The second kappa shape index (κ2) is 10.1. The van der Waals surface area contributed by atoms with Gasteiger partial charge in [-0.25, -0.2) is 0 Å². The normalized spacial score (nSPS) is 11.9. The fraction of sp³-hybridized carbons (Fsp3) is 0.833. The molecule has 17 heavy (non-hydrogen) atoms. The van der Waals surface area contributed by atoms with E-state index in [0.29, 0.717) is 19.5 Å². The van der Waals surface area contributed by atoms with Gasteiger partial charge < -0.3 is 16.0 Å². The highest BCUT2D eigenvalue weighted by Crippen LogP contribution is 1.86. The van der Waals surface area contributed by atoms with E-state index in [2.05, 4.69) is 16.0 Å². The SMILES string of the molecule is CCCNC(=O)CCNCC(=O)NC(C)CC. The van der Waals surface area contributed by atoms with Crippen molar-refractivity contribution in [1.29, 1.82) is 0 Å². The first-order valence-corrected chi connectivity index (χ1v) is 6.36. The Kier molecular flexibility index (Phi) is 9.43. The summed E-state index contributed by atoms with van der Waals surface area (Å²) in [6, 6.07) is 0.206. The van der Waals surface area contributed by atoms with Crippen molar-refractivity contribution < 1.29 is 9.59 Å². The Morgan fingerprint density at radius 2 is 1.82 bits per heavy atom. The minimum atomic E-state index is -0.0201. The maximum absolute atomic E-state index is 11.4. The molecule has 0 spiro atoms. The van der Waals surface area contributed by atoms with Gasteiger partial charge >= 0.3 is 0 Å². The van der Waals surface area contributed by atoms with Crippen LogP contribution in [0.1, 0.15) is 40.0 Å². The molecule has 0 aromatic carbocycles. The van der Waals surface area contributed by atoms with E-state index in [4.69, 9.17) is 0 Å². The molecule has 2 amide bonds. The van der Waals surface area contributed by atoms with Crippen LogP contribution in [-0.4, -0.2) is 37.5 Å². The number of carbonyl (C=O) groups is 2. The van der Waals surface area contributed by atoms with Gasteiger partial charge in [0, 0.05) is 25.6 Å². The predicted octanol–water partition coefficient (Wildman–Crippen LogP) is 0.407. The van der Waals surface area contributed by atoms with E-state index in [9.17, 15) is 9.59 Å². The van der Waals surface area contributed by atoms with Gasteiger partial charge in [0.05, 0.1) is 6.54 Å². The first-order valence-electron chi connectivity index (χ1n) is 6.36. The van der Waals surface area contributed by atoms with Gasteiger partial charge in [-0.2, -0.15) is 0 Å². The maximum Gasteiger partial charge on any atom is 0.234 e. The molecule has 0 heterocycles. The van der Waals surface area contributed by atoms with Crippen molar-refractivity contribution in [2.75, 3.05) is 19.6 Å². The first-order chi connectivity index (χ1) is 8.10. The Balaban J connectivity index is 3.44. The summed E-state index contributed by atoms with van der Waals surface area (Å²) >= 11 is 0. The van der Waals surface area contributed by atoms with Gasteiger partial charge in [-0.15, -0.1) is 0 Å². The molecule has 0 aliphatic heterocycles. The summed E-state index contributed by atoms with van der Waals surface area (Å²) in [5.74, 6) is 0.00926. The molecular weight excluding hydrogens is 218 g/mol. The standard InChI is InChI=1S/C12H25N3O2/c1-4-7-14-11(16)6-8-13-9-12(17)15-10(3)5-2/h10,13H,4-9H2,1-3H3,(H,14,16)(H,15,17). The van der Waals surface area contributed by atoms with Crippen LogP contribution in [0.15, 0.2) is 0 Å². The number of nitrogens with one attached hydrogen (secondary N) is 3. The molecule has 0 saturated carbocycles. The topological polar surface area (TPSA) is 70.2 Å². The molecule has 100 valence electrons. The number of hydrogen-bond donors (Lipinski definition) is 3. The third kappa shape index (κ3) is 9.81. The summed E-state index contributed by atoms with van der Waals surface area (Å²) in [4.78, 5) is 22.6. The quantitative estimate of drug-likeness (QED) is 0.514. The lowest BCUT2D eigenvalue weighted by Gasteiger charge is -2.11. The first kappa shape index (κ1) is 15.9. The van der Waals surface area contributed by atoms with E-state index in [1.807, 2.05) is 20.8 Å². The van der Waals surface area contributed by atoms with Crippen LogP contribution in [0, 0.1) is 0 Å². The van der Waals surface area contributed by atoms with Crippen LogP contribution in [-0.2, 0) is 9.59 Å². The molecule has 5 heteroatoms. The van der Waals surface area contributed by atoms with Crippen molar-refractivity contribution in [2.24, 2.45) is 0 Å². The fourth-order valence-corrected chi connectivity index (χ4v) is 1.18. The summed E-state index contributed by atoms with van der Waals surface area (Å²) in [6.07, 6.45) is 2.28. The molecular formula is C12H25N3O2. The lowest BCUT2D eigenvalue weighted by Crippen LogP contribution is -2.39. The third-order valence-corrected chi connectivity index (χ3v) is 2.41. The van der Waals surface area contributed by atoms with Gasteiger partial charge in [-0.05, 0) is 19.8 Å². The number of amides is 2. The summed E-state index contributed by atoms with van der Waals surface area (Å²) in [5, 5.41) is 8.58. The molecule has 0 aliphatic rings. The zero-order valence-electron chi connectivity index (χ0n) is 11.1. The van der Waals surface area contributed by atoms with Gasteiger partial charge in [0.2, 0.25) is 11.8 Å². The van der Waals surface area contributed by atoms with Gasteiger partial charge in [-0.1, -0.05) is 13.8 Å². The van der Waals surface area contributed by atoms with Gasteiger partial charge in [0.1, 0.15) is 0 Å². The predicted molar refractivity (Wildman–Crippen MR) is 68.7 cm³/mol. The van der Waals surface area contributed by atoms with Crippen LogP contribution in [0.4, 0.5) is 0 Å². The van der Waals surface area contributed by atoms with Crippen LogP contribution in [0.5, 0.6) is 0 Å². The highest BCUT2D eigenvalue weighted by Gasteiger charge is 2.05. The summed E-state index contributed by atoms with van der Waals surface area (Å²) in [5.41, 5.74) is 0. The highest BCUT2D eigenvalue weighted by molar-refractivity contribution is 5.78. The lowest BCUT2D eigenvalue weighted by atomic mass is 10.2. The van der Waals surface area contributed by atoms with Crippen LogP contribution in [0.3, 0.4) is 0 Å². The number of rotatable bonds is 9. The second-order valence-electron chi connectivity index (χ2n) is 4.15. The number of hydrogen-bond acceptors (Lipinski definition) is 3. The van der Waals surface area contributed by atoms with Crippen LogP contribution in [0.25, 0.3) is 0 Å². The van der Waals surface area contributed by atoms with E-state index in [1.54, 1.807) is 0 Å². The molecule has 0 radical (unpaired) electrons. The fourth-order valence-electron chi connectivity index (χ4n) is 1.18. The molecule has 1 atom stereocenters. The van der Waals surface area contributed by atoms with Gasteiger partial charge in [-0.3, -0.25) is 9.59 Å². The van der Waals surface area contributed by atoms with E-state index < -0.39 is 0 Å². The summed E-state index contributed by atoms with van der Waals surface area (Å²) in [6.45, 7) is 7.52. The van der Waals surface area contributed by atoms with Crippen molar-refractivity contribution in [1.82, 2.24) is 16.0 Å². The zero-order chi connectivity index (χ0) is 13.1. The monoisotopic (exact) mass is 243 g/mol. The van der Waals surface area contributed by atoms with Crippen molar-refractivity contribution in [3.8, 4) is 0 Å². The number of carbonyl (C=O) groups excluding carboxylic acids is 2. The zero-order valence-corrected chi connectivity index (χ0v) is 11.1. The van der Waals surface area contributed by atoms with Crippen molar-refractivity contribution >= 4 is 11.8 Å². The smallest absolute Gasteiger partial charge is 0.234 e. The Bertz CT molecular complexity index is 232. The minimum Gasteiger partial charge on any atom is -0.356 e. The minimum absolute atomic E-state index is 0.0201. The molecule has 0 bridgehead atoms. The molecule has 0 aromatic heterocycles. The molecule has 0 saturated heterocycles. The highest BCUT2D eigenvalue weighted by atomic mass is 16.2. The van der Waals surface area contributed by atoms with Gasteiger partial charge in [0.25, 0.3) is 0 Å². The molecule has 3 N–H and O–H groups in total. The van der Waals surface area contributed by atoms with E-state index >= 15 is 0 Å². The largest absolute Gasteiger partial charge is 0.356 e. The Hall–Kier alpha value is -1.10. The van der Waals surface area contributed by atoms with Crippen molar-refractivity contribution in [2.45, 2.75) is 46.1 Å². The van der Waals surface area contributed by atoms with E-state index in [-0.39, 0.29) is 24.4 Å². The Morgan fingerprint density at radius 3 is 2.41 bits per heavy atom. The van der Waals surface area contributed by atoms with Crippen molar-refractivity contribution in [3.63, 3.8) is 0 Å². The summed E-state index contributed by atoms with van der Waals surface area (Å²) < 4.78 is 0. The van der Waals surface area contributed by atoms with Crippen LogP contribution in [0.2, 0.25) is 0 Å². The average Bonchev–Trinajstić information content (AvgIpc) is 2.31. The average molecular weight is 243 g/mol. The van der Waals surface area contributed by atoms with E-state index in [1.165, 1.54) is 0 Å². The molecule has 0 fully saturated rings. The maximum atomic E-state index is 11.4. The third-order valence-electron chi connectivity index (χ3n) is 2.41. The molecule has 5 nitrogen and oxygen atoms in total. The Morgan fingerprint density at radius 1 is 1.12 bits per heavy atom. The molecule has 1 unspecified atom stereocenters. The van der Waals surface area contributed by atoms with Crippen LogP contribution < -0.4 is 16.0 Å². The van der Waals surface area contributed by atoms with Crippen molar-refractivity contribution in [3.05, 3.63) is 0 Å². The molecule has 0 aromatic rings. The molecule has 0 rings (SSSR count). The second-order valence-corrected chi connectivity index (χ2v) is 4.15. The molecule has 0 aliphatic carbocycles. The Labute approximate surface area is 104 Å².